The van der Waals surface area contributed by atoms with Crippen molar-refractivity contribution >= 4 is 34.9 Å². The lowest BCUT2D eigenvalue weighted by molar-refractivity contribution is -0.124. The number of pyridine rings is 1. The molecule has 1 aliphatic rings. The standard InChI is InChI=1S/C25H26N4O4S/c1-25(2,18-8-11-26-12-9-18)21(22(30)28-19-6-4-3-5-7-19)29(20-14-27-24(32)33-15-20)23(31)17-10-13-34-16-17/h3-13,16,20-21H,14-15H2,1-2H3,(H,27,32)(H,28,30)/t20-,21?/m1/s1. The summed E-state index contributed by atoms with van der Waals surface area (Å²) in [5.74, 6) is -0.644. The molecule has 1 fully saturated rings. The zero-order valence-electron chi connectivity index (χ0n) is 18.9. The molecule has 176 valence electrons. The third-order valence-corrected chi connectivity index (χ3v) is 6.64. The van der Waals surface area contributed by atoms with Crippen LogP contribution < -0.4 is 10.6 Å². The molecule has 1 aliphatic heterocycles. The molecule has 3 aromatic rings. The Bertz CT molecular complexity index is 1130. The third-order valence-electron chi connectivity index (χ3n) is 5.96. The topological polar surface area (TPSA) is 101 Å². The maximum absolute atomic E-state index is 13.9. The summed E-state index contributed by atoms with van der Waals surface area (Å²) >= 11 is 1.40. The van der Waals surface area contributed by atoms with Crippen molar-refractivity contribution in [2.24, 2.45) is 0 Å². The Hall–Kier alpha value is -3.72. The lowest BCUT2D eigenvalue weighted by Gasteiger charge is -2.45. The van der Waals surface area contributed by atoms with Crippen LogP contribution in [0.25, 0.3) is 0 Å². The molecule has 2 N–H and O–H groups in total. The second kappa shape index (κ2) is 10.0. The smallest absolute Gasteiger partial charge is 0.407 e. The molecule has 0 aliphatic carbocycles. The van der Waals surface area contributed by atoms with E-state index in [9.17, 15) is 14.4 Å². The van der Waals surface area contributed by atoms with Gasteiger partial charge in [0.1, 0.15) is 12.6 Å². The summed E-state index contributed by atoms with van der Waals surface area (Å²) in [6, 6.07) is 13.1. The van der Waals surface area contributed by atoms with Crippen molar-refractivity contribution in [1.29, 1.82) is 0 Å². The Kier molecular flexibility index (Phi) is 6.93. The molecule has 0 saturated carbocycles. The SMILES string of the molecule is CC(C)(c1ccncc1)C(C(=O)Nc1ccccc1)N(C(=O)c1ccsc1)[C@@H]1CNC(=O)OC1. The highest BCUT2D eigenvalue weighted by atomic mass is 32.1. The summed E-state index contributed by atoms with van der Waals surface area (Å²) in [6.45, 7) is 4.01. The molecule has 0 radical (unpaired) electrons. The van der Waals surface area contributed by atoms with Gasteiger partial charge in [-0.2, -0.15) is 11.3 Å². The zero-order chi connectivity index (χ0) is 24.1. The number of benzene rings is 1. The quantitative estimate of drug-likeness (QED) is 0.540. The van der Waals surface area contributed by atoms with Gasteiger partial charge in [0.25, 0.3) is 5.91 Å². The molecule has 8 nitrogen and oxygen atoms in total. The molecule has 2 atom stereocenters. The van der Waals surface area contributed by atoms with Gasteiger partial charge in [-0.3, -0.25) is 14.6 Å². The molecule has 3 heterocycles. The van der Waals surface area contributed by atoms with Crippen molar-refractivity contribution in [2.45, 2.75) is 31.3 Å². The number of anilines is 1. The molecule has 34 heavy (non-hydrogen) atoms. The number of para-hydroxylation sites is 1. The minimum absolute atomic E-state index is 0.0107. The number of hydrogen-bond acceptors (Lipinski definition) is 6. The van der Waals surface area contributed by atoms with E-state index in [0.29, 0.717) is 11.3 Å². The lowest BCUT2D eigenvalue weighted by Crippen LogP contribution is -2.64. The number of aromatic nitrogens is 1. The molecule has 0 spiro atoms. The Morgan fingerprint density at radius 3 is 2.53 bits per heavy atom. The minimum Gasteiger partial charge on any atom is -0.447 e. The molecule has 1 aromatic carbocycles. The number of carbonyl (C=O) groups excluding carboxylic acids is 3. The van der Waals surface area contributed by atoms with E-state index in [4.69, 9.17) is 4.74 Å². The maximum Gasteiger partial charge on any atom is 0.407 e. The largest absolute Gasteiger partial charge is 0.447 e. The van der Waals surface area contributed by atoms with Gasteiger partial charge in [0.2, 0.25) is 5.91 Å². The lowest BCUT2D eigenvalue weighted by atomic mass is 9.76. The van der Waals surface area contributed by atoms with E-state index < -0.39 is 23.6 Å². The van der Waals surface area contributed by atoms with Crippen LogP contribution in [0.3, 0.4) is 0 Å². The fourth-order valence-corrected chi connectivity index (χ4v) is 4.79. The van der Waals surface area contributed by atoms with Crippen molar-refractivity contribution in [3.63, 3.8) is 0 Å². The third kappa shape index (κ3) is 4.94. The summed E-state index contributed by atoms with van der Waals surface area (Å²) in [4.78, 5) is 45.1. The normalized spacial score (nSPS) is 16.6. The number of thiophene rings is 1. The number of cyclic esters (lactones) is 1. The molecule has 1 unspecified atom stereocenters. The Balaban J connectivity index is 1.80. The molecule has 0 bridgehead atoms. The van der Waals surface area contributed by atoms with Crippen LogP contribution in [0.5, 0.6) is 0 Å². The molecule has 3 amide bonds. The number of ether oxygens (including phenoxy) is 1. The highest BCUT2D eigenvalue weighted by Crippen LogP contribution is 2.34. The number of nitrogens with one attached hydrogen (secondary N) is 2. The minimum atomic E-state index is -0.925. The van der Waals surface area contributed by atoms with Gasteiger partial charge in [0.05, 0.1) is 11.6 Å². The monoisotopic (exact) mass is 478 g/mol. The van der Waals surface area contributed by atoms with Crippen LogP contribution in [0.2, 0.25) is 0 Å². The van der Waals surface area contributed by atoms with Gasteiger partial charge in [-0.1, -0.05) is 32.0 Å². The molecule has 9 heteroatoms. The molecular weight excluding hydrogens is 452 g/mol. The number of nitrogens with zero attached hydrogens (tertiary/aromatic N) is 2. The molecular formula is C25H26N4O4S. The summed E-state index contributed by atoms with van der Waals surface area (Å²) in [5.41, 5.74) is 1.14. The predicted molar refractivity (Wildman–Crippen MR) is 130 cm³/mol. The van der Waals surface area contributed by atoms with Crippen LogP contribution in [-0.2, 0) is 14.9 Å². The first-order valence-electron chi connectivity index (χ1n) is 10.9. The van der Waals surface area contributed by atoms with E-state index in [0.717, 1.165) is 5.56 Å². The second-order valence-corrected chi connectivity index (χ2v) is 9.35. The summed E-state index contributed by atoms with van der Waals surface area (Å²) in [5, 5.41) is 9.20. The van der Waals surface area contributed by atoms with Gasteiger partial charge in [-0.05, 0) is 41.3 Å². The first-order chi connectivity index (χ1) is 16.4. The fourth-order valence-electron chi connectivity index (χ4n) is 4.16. The van der Waals surface area contributed by atoms with E-state index in [-0.39, 0.29) is 25.0 Å². The van der Waals surface area contributed by atoms with Crippen LogP contribution in [0.4, 0.5) is 10.5 Å². The number of rotatable bonds is 7. The number of carbonyl (C=O) groups is 3. The van der Waals surface area contributed by atoms with E-state index >= 15 is 0 Å². The number of alkyl carbamates (subject to hydrolysis) is 1. The van der Waals surface area contributed by atoms with Crippen LogP contribution in [-0.4, -0.2) is 53.0 Å². The van der Waals surface area contributed by atoms with Gasteiger partial charge in [-0.15, -0.1) is 0 Å². The van der Waals surface area contributed by atoms with Crippen molar-refractivity contribution in [2.75, 3.05) is 18.5 Å². The van der Waals surface area contributed by atoms with Crippen molar-refractivity contribution in [1.82, 2.24) is 15.2 Å². The fraction of sp³-hybridized carbons (Fsp3) is 0.280. The van der Waals surface area contributed by atoms with Crippen molar-refractivity contribution < 1.29 is 19.1 Å². The number of amides is 3. The van der Waals surface area contributed by atoms with Crippen molar-refractivity contribution in [3.05, 3.63) is 82.8 Å². The van der Waals surface area contributed by atoms with Gasteiger partial charge in [0, 0.05) is 35.4 Å². The highest BCUT2D eigenvalue weighted by Gasteiger charge is 2.47. The Morgan fingerprint density at radius 1 is 1.18 bits per heavy atom. The predicted octanol–water partition coefficient (Wildman–Crippen LogP) is 3.68. The first-order valence-corrected chi connectivity index (χ1v) is 11.8. The first kappa shape index (κ1) is 23.4. The van der Waals surface area contributed by atoms with Gasteiger partial charge < -0.3 is 20.3 Å². The summed E-state index contributed by atoms with van der Waals surface area (Å²) in [7, 11) is 0. The molecule has 1 saturated heterocycles. The van der Waals surface area contributed by atoms with Crippen LogP contribution >= 0.6 is 11.3 Å². The summed E-state index contributed by atoms with van der Waals surface area (Å²) < 4.78 is 5.22. The van der Waals surface area contributed by atoms with E-state index in [1.54, 1.807) is 40.9 Å². The Labute approximate surface area is 202 Å². The van der Waals surface area contributed by atoms with Crippen LogP contribution in [0, 0.1) is 0 Å². The van der Waals surface area contributed by atoms with E-state index in [1.807, 2.05) is 49.6 Å². The van der Waals surface area contributed by atoms with Gasteiger partial charge in [-0.25, -0.2) is 4.79 Å². The molecule has 2 aromatic heterocycles. The Morgan fingerprint density at radius 2 is 1.91 bits per heavy atom. The van der Waals surface area contributed by atoms with Crippen molar-refractivity contribution in [3.8, 4) is 0 Å². The van der Waals surface area contributed by atoms with Gasteiger partial charge in [0.15, 0.2) is 0 Å². The average Bonchev–Trinajstić information content (AvgIpc) is 3.39. The zero-order valence-corrected chi connectivity index (χ0v) is 19.7. The van der Waals surface area contributed by atoms with E-state index in [2.05, 4.69) is 15.6 Å². The van der Waals surface area contributed by atoms with Gasteiger partial charge >= 0.3 is 6.09 Å². The average molecular weight is 479 g/mol. The summed E-state index contributed by atoms with van der Waals surface area (Å²) in [6.07, 6.45) is 2.79. The maximum atomic E-state index is 13.9. The van der Waals surface area contributed by atoms with E-state index in [1.165, 1.54) is 11.3 Å². The second-order valence-electron chi connectivity index (χ2n) is 8.57. The molecule has 4 rings (SSSR count). The van der Waals surface area contributed by atoms with Crippen LogP contribution in [0.15, 0.2) is 71.7 Å². The number of hydrogen-bond donors (Lipinski definition) is 2. The van der Waals surface area contributed by atoms with Crippen LogP contribution in [0.1, 0.15) is 29.8 Å². The highest BCUT2D eigenvalue weighted by molar-refractivity contribution is 7.08.